The fourth-order valence-electron chi connectivity index (χ4n) is 4.58. The molecule has 0 radical (unpaired) electrons. The lowest BCUT2D eigenvalue weighted by molar-refractivity contribution is -0.134. The van der Waals surface area contributed by atoms with Crippen LogP contribution in [0.3, 0.4) is 0 Å². The molecule has 2 bridgehead atoms. The van der Waals surface area contributed by atoms with Gasteiger partial charge in [-0.05, 0) is 38.5 Å². The van der Waals surface area contributed by atoms with Gasteiger partial charge in [-0.15, -0.1) is 0 Å². The molecule has 0 saturated carbocycles. The third-order valence-electron chi connectivity index (χ3n) is 5.82. The van der Waals surface area contributed by atoms with Gasteiger partial charge in [-0.2, -0.15) is 0 Å². The first-order valence-electron chi connectivity index (χ1n) is 9.34. The summed E-state index contributed by atoms with van der Waals surface area (Å²) in [7, 11) is 0. The molecule has 3 aliphatic rings. The van der Waals surface area contributed by atoms with Crippen molar-refractivity contribution < 1.29 is 9.32 Å². The molecular weight excluding hydrogens is 304 g/mol. The van der Waals surface area contributed by atoms with E-state index in [0.717, 1.165) is 50.6 Å². The zero-order valence-corrected chi connectivity index (χ0v) is 14.5. The number of carbonyl (C=O) groups excluding carboxylic acids is 1. The number of amides is 1. The zero-order valence-electron chi connectivity index (χ0n) is 14.5. The van der Waals surface area contributed by atoms with Gasteiger partial charge < -0.3 is 14.7 Å². The van der Waals surface area contributed by atoms with Crippen molar-refractivity contribution >= 4 is 5.91 Å². The summed E-state index contributed by atoms with van der Waals surface area (Å²) >= 11 is 0. The molecule has 0 spiro atoms. The monoisotopic (exact) mass is 332 g/mol. The number of aromatic nitrogens is 1. The summed E-state index contributed by atoms with van der Waals surface area (Å²) in [6, 6.07) is 3.33. The first kappa shape index (κ1) is 16.1. The quantitative estimate of drug-likeness (QED) is 0.906. The normalized spacial score (nSPS) is 30.7. The molecule has 3 saturated heterocycles. The average Bonchev–Trinajstić information content (AvgIpc) is 3.13. The van der Waals surface area contributed by atoms with Gasteiger partial charge in [0.15, 0.2) is 5.76 Å². The number of aryl methyl sites for hydroxylation is 1. The lowest BCUT2D eigenvalue weighted by atomic mass is 9.89. The van der Waals surface area contributed by atoms with Crippen LogP contribution < -0.4 is 5.32 Å². The lowest BCUT2D eigenvalue weighted by Crippen LogP contribution is -2.49. The van der Waals surface area contributed by atoms with Gasteiger partial charge >= 0.3 is 0 Å². The van der Waals surface area contributed by atoms with Crippen LogP contribution in [-0.2, 0) is 11.3 Å². The summed E-state index contributed by atoms with van der Waals surface area (Å²) in [5.74, 6) is 1.86. The molecule has 1 aromatic heterocycles. The van der Waals surface area contributed by atoms with E-state index in [1.54, 1.807) is 0 Å². The molecule has 1 aromatic rings. The molecule has 6 heteroatoms. The Labute approximate surface area is 143 Å². The van der Waals surface area contributed by atoms with Gasteiger partial charge in [-0.3, -0.25) is 9.69 Å². The van der Waals surface area contributed by atoms with Crippen LogP contribution >= 0.6 is 0 Å². The Morgan fingerprint density at radius 1 is 1.25 bits per heavy atom. The van der Waals surface area contributed by atoms with Gasteiger partial charge in [0.2, 0.25) is 5.91 Å². The standard InChI is InChI=1S/C18H28N4O2/c1-13-8-17(24-20-13)12-21-4-6-22(7-5-21)18(23)11-14-9-15-2-3-16(10-14)19-15/h8,14-16,19H,2-7,9-12H2,1H3. The molecule has 6 nitrogen and oxygen atoms in total. The summed E-state index contributed by atoms with van der Waals surface area (Å²) in [6.07, 6.45) is 5.72. The highest BCUT2D eigenvalue weighted by molar-refractivity contribution is 5.76. The number of piperazine rings is 1. The van der Waals surface area contributed by atoms with E-state index in [4.69, 9.17) is 4.52 Å². The number of rotatable bonds is 4. The van der Waals surface area contributed by atoms with Crippen LogP contribution in [0, 0.1) is 12.8 Å². The molecule has 4 rings (SSSR count). The predicted molar refractivity (Wildman–Crippen MR) is 90.4 cm³/mol. The number of piperidine rings is 1. The van der Waals surface area contributed by atoms with Crippen LogP contribution in [-0.4, -0.2) is 59.1 Å². The topological polar surface area (TPSA) is 61.6 Å². The molecular formula is C18H28N4O2. The van der Waals surface area contributed by atoms with E-state index in [1.807, 2.05) is 13.0 Å². The van der Waals surface area contributed by atoms with Crippen LogP contribution in [0.1, 0.15) is 43.6 Å². The van der Waals surface area contributed by atoms with E-state index in [-0.39, 0.29) is 0 Å². The second kappa shape index (κ2) is 6.84. The fraction of sp³-hybridized carbons (Fsp3) is 0.778. The maximum atomic E-state index is 12.6. The Balaban J connectivity index is 1.22. The molecule has 2 unspecified atom stereocenters. The number of carbonyl (C=O) groups is 1. The summed E-state index contributed by atoms with van der Waals surface area (Å²) in [4.78, 5) is 17.0. The maximum absolute atomic E-state index is 12.6. The molecule has 1 N–H and O–H groups in total. The Bertz CT molecular complexity index is 567. The molecule has 4 heterocycles. The van der Waals surface area contributed by atoms with E-state index in [9.17, 15) is 4.79 Å². The van der Waals surface area contributed by atoms with Crippen molar-refractivity contribution in [1.29, 1.82) is 0 Å². The number of nitrogens with one attached hydrogen (secondary N) is 1. The van der Waals surface area contributed by atoms with Crippen molar-refractivity contribution in [3.05, 3.63) is 17.5 Å². The highest BCUT2D eigenvalue weighted by Crippen LogP contribution is 2.33. The first-order valence-corrected chi connectivity index (χ1v) is 9.34. The average molecular weight is 332 g/mol. The van der Waals surface area contributed by atoms with Crippen molar-refractivity contribution in [2.75, 3.05) is 26.2 Å². The molecule has 2 atom stereocenters. The Hall–Kier alpha value is -1.40. The van der Waals surface area contributed by atoms with E-state index in [1.165, 1.54) is 25.7 Å². The minimum Gasteiger partial charge on any atom is -0.360 e. The molecule has 3 aliphatic heterocycles. The van der Waals surface area contributed by atoms with E-state index in [2.05, 4.69) is 20.3 Å². The van der Waals surface area contributed by atoms with Gasteiger partial charge in [0.1, 0.15) is 0 Å². The molecule has 3 fully saturated rings. The van der Waals surface area contributed by atoms with Crippen molar-refractivity contribution in [2.24, 2.45) is 5.92 Å². The van der Waals surface area contributed by atoms with Gasteiger partial charge in [-0.1, -0.05) is 5.16 Å². The lowest BCUT2D eigenvalue weighted by Gasteiger charge is -2.36. The largest absolute Gasteiger partial charge is 0.360 e. The highest BCUT2D eigenvalue weighted by atomic mass is 16.5. The van der Waals surface area contributed by atoms with Crippen molar-refractivity contribution in [3.63, 3.8) is 0 Å². The van der Waals surface area contributed by atoms with Crippen LogP contribution in [0.4, 0.5) is 0 Å². The van der Waals surface area contributed by atoms with Gasteiger partial charge in [-0.25, -0.2) is 0 Å². The fourth-order valence-corrected chi connectivity index (χ4v) is 4.58. The number of nitrogens with zero attached hydrogens (tertiary/aromatic N) is 3. The second-order valence-electron chi connectivity index (χ2n) is 7.77. The minimum atomic E-state index is 0.358. The molecule has 0 aromatic carbocycles. The van der Waals surface area contributed by atoms with E-state index in [0.29, 0.717) is 23.9 Å². The van der Waals surface area contributed by atoms with E-state index < -0.39 is 0 Å². The third-order valence-corrected chi connectivity index (χ3v) is 5.82. The molecule has 24 heavy (non-hydrogen) atoms. The minimum absolute atomic E-state index is 0.358. The summed E-state index contributed by atoms with van der Waals surface area (Å²) in [5, 5.41) is 7.59. The van der Waals surface area contributed by atoms with Crippen LogP contribution in [0.5, 0.6) is 0 Å². The Morgan fingerprint density at radius 3 is 2.58 bits per heavy atom. The SMILES string of the molecule is Cc1cc(CN2CCN(C(=O)CC3CC4CCC(C3)N4)CC2)on1. The van der Waals surface area contributed by atoms with Crippen LogP contribution in [0.2, 0.25) is 0 Å². The van der Waals surface area contributed by atoms with Crippen molar-refractivity contribution in [2.45, 2.75) is 57.7 Å². The maximum Gasteiger partial charge on any atom is 0.222 e. The van der Waals surface area contributed by atoms with Crippen molar-refractivity contribution in [3.8, 4) is 0 Å². The predicted octanol–water partition coefficient (Wildman–Crippen LogP) is 1.55. The first-order chi connectivity index (χ1) is 11.7. The molecule has 132 valence electrons. The van der Waals surface area contributed by atoms with Gasteiger partial charge in [0.05, 0.1) is 12.2 Å². The second-order valence-corrected chi connectivity index (χ2v) is 7.77. The summed E-state index contributed by atoms with van der Waals surface area (Å²) in [6.45, 7) is 6.25. The zero-order chi connectivity index (χ0) is 16.5. The smallest absolute Gasteiger partial charge is 0.222 e. The van der Waals surface area contributed by atoms with Crippen LogP contribution in [0.15, 0.2) is 10.6 Å². The highest BCUT2D eigenvalue weighted by Gasteiger charge is 2.35. The summed E-state index contributed by atoms with van der Waals surface area (Å²) < 4.78 is 5.29. The Morgan fingerprint density at radius 2 is 1.96 bits per heavy atom. The number of hydrogen-bond donors (Lipinski definition) is 1. The molecule has 0 aliphatic carbocycles. The van der Waals surface area contributed by atoms with E-state index >= 15 is 0 Å². The summed E-state index contributed by atoms with van der Waals surface area (Å²) in [5.41, 5.74) is 0.926. The Kier molecular flexibility index (Phi) is 4.59. The third kappa shape index (κ3) is 3.64. The van der Waals surface area contributed by atoms with Gasteiger partial charge in [0.25, 0.3) is 0 Å². The molecule has 1 amide bonds. The van der Waals surface area contributed by atoms with Crippen LogP contribution in [0.25, 0.3) is 0 Å². The van der Waals surface area contributed by atoms with Crippen molar-refractivity contribution in [1.82, 2.24) is 20.3 Å². The van der Waals surface area contributed by atoms with Gasteiger partial charge in [0, 0.05) is 50.7 Å². The number of fused-ring (bicyclic) bond motifs is 2. The number of hydrogen-bond acceptors (Lipinski definition) is 5.